The van der Waals surface area contributed by atoms with Crippen LogP contribution in [0.5, 0.6) is 23.0 Å². The second-order valence-electron chi connectivity index (χ2n) is 18.7. The van der Waals surface area contributed by atoms with Crippen LogP contribution >= 0.6 is 0 Å². The Labute approximate surface area is 444 Å². The summed E-state index contributed by atoms with van der Waals surface area (Å²) < 4.78 is 303. The van der Waals surface area contributed by atoms with Crippen molar-refractivity contribution in [2.75, 3.05) is 59.0 Å². The highest BCUT2D eigenvalue weighted by Gasteiger charge is 2.87. The molecule has 0 radical (unpaired) electrons. The minimum absolute atomic E-state index is 0.0479. The van der Waals surface area contributed by atoms with E-state index >= 15 is 0 Å². The Bertz CT molecular complexity index is 2710. The molecule has 36 heteroatoms. The van der Waals surface area contributed by atoms with Crippen molar-refractivity contribution in [3.63, 3.8) is 0 Å². The molecule has 2 aromatic rings. The number of carbonyl (C=O) groups excluding carboxylic acids is 2. The van der Waals surface area contributed by atoms with Gasteiger partial charge in [-0.25, -0.2) is 0 Å². The highest BCUT2D eigenvalue weighted by atomic mass is 32.3. The molecule has 0 aromatic heterocycles. The molecule has 4 aliphatic heterocycles. The summed E-state index contributed by atoms with van der Waals surface area (Å²) in [5, 5.41) is -4.76. The van der Waals surface area contributed by atoms with Crippen molar-refractivity contribution < 1.29 is 138 Å². The number of carbonyl (C=O) groups is 2. The molecule has 2 aromatic carbocycles. The highest BCUT2D eigenvalue weighted by molar-refractivity contribution is 7.88. The summed E-state index contributed by atoms with van der Waals surface area (Å²) in [6, 6.07) is 9.12. The molecule has 4 heterocycles. The largest absolute Gasteiger partial charge is 0.508 e. The number of esters is 2. The van der Waals surface area contributed by atoms with Crippen molar-refractivity contribution in [1.29, 1.82) is 0 Å². The molecule has 0 atom stereocenters. The van der Waals surface area contributed by atoms with Crippen LogP contribution in [-0.2, 0) is 52.2 Å². The van der Waals surface area contributed by atoms with E-state index in [-0.39, 0.29) is 55.7 Å². The number of alkyl halides is 18. The van der Waals surface area contributed by atoms with E-state index in [9.17, 15) is 114 Å². The van der Waals surface area contributed by atoms with Gasteiger partial charge in [-0.05, 0) is 71.3 Å². The zero-order chi connectivity index (χ0) is 62.1. The molecule has 0 saturated carbocycles. The van der Waals surface area contributed by atoms with Crippen molar-refractivity contribution >= 4 is 32.3 Å². The third kappa shape index (κ3) is 14.4. The lowest BCUT2D eigenvalue weighted by atomic mass is 9.89. The van der Waals surface area contributed by atoms with Crippen molar-refractivity contribution in [3.05, 3.63) is 47.5 Å². The van der Waals surface area contributed by atoms with E-state index in [2.05, 4.69) is 43.7 Å². The van der Waals surface area contributed by atoms with Gasteiger partial charge >= 0.3 is 78.8 Å². The summed E-state index contributed by atoms with van der Waals surface area (Å²) in [6.07, 6.45) is -13.3. The first-order valence-electron chi connectivity index (χ1n) is 23.1. The molecule has 2 saturated heterocycles. The highest BCUT2D eigenvalue weighted by Crippen LogP contribution is 2.57. The van der Waals surface area contributed by atoms with Gasteiger partial charge in [-0.3, -0.25) is 24.3 Å². The Kier molecular flexibility index (Phi) is 20.9. The summed E-state index contributed by atoms with van der Waals surface area (Å²) in [5.74, 6) is -30.6. The lowest BCUT2D eigenvalue weighted by molar-refractivity contribution is -0.382. The molecule has 6 rings (SSSR count). The minimum Gasteiger partial charge on any atom is -0.508 e. The molecular formula is C44H52F19N3O12S2. The maximum Gasteiger partial charge on any atom is 0.460 e. The molecule has 4 aliphatic rings. The van der Waals surface area contributed by atoms with Gasteiger partial charge < -0.3 is 28.2 Å². The standard InChI is InChI=1S/C18H16F9NO6S.C14H17NO4.C8H19N.C4F10O2S/c1-2-32-13(29)7-28-8-14(9-28)6-10-3-4-11(5-12(10)33-14)34-35(30,31)18(26,27)16(21,22)15(19,20)17(23,24)25;1-2-18-13(17)7-15-8-14(9-15)6-10-3-4-11(16)5-12(10)19-14;1-6-9(7(2)3)8(4)5;5-1(6,3(9,10)11)2(7,8)4(12,13)17(14,15)16/h3-5H,2,6-9H2,1H3;3-5,16H,2,6-9H2,1H3;7-8H,6H2,1-5H3;. The van der Waals surface area contributed by atoms with Crippen molar-refractivity contribution in [2.24, 2.45) is 0 Å². The third-order valence-corrected chi connectivity index (χ3v) is 14.0. The Morgan fingerprint density at radius 2 is 0.963 bits per heavy atom. The average Bonchev–Trinajstić information content (AvgIpc) is 3.84. The van der Waals surface area contributed by atoms with Crippen molar-refractivity contribution in [3.8, 4) is 23.0 Å². The normalized spacial score (nSPS) is 17.6. The number of fused-ring (bicyclic) bond motifs is 2. The SMILES string of the molecule is CCN(C(C)C)C(C)C.CCOC(=O)CN1CC2(Cc3ccc(O)cc3O2)C1.CCOC(=O)CN1CC2(Cc3ccc(OS(=O)(=O)C(F)(F)C(F)(F)C(F)(F)C(F)(F)F)cc3O2)C1.O=S(=O)(F)C(F)(F)C(F)(F)C(F)(F)C(F)(F)F. The first kappa shape index (κ1) is 69.3. The number of rotatable bonds is 17. The molecule has 15 nitrogen and oxygen atoms in total. The smallest absolute Gasteiger partial charge is 0.460 e. The van der Waals surface area contributed by atoms with E-state index in [0.29, 0.717) is 42.9 Å². The zero-order valence-electron chi connectivity index (χ0n) is 42.7. The van der Waals surface area contributed by atoms with E-state index in [1.165, 1.54) is 0 Å². The van der Waals surface area contributed by atoms with Crippen LogP contribution in [0.4, 0.5) is 82.9 Å². The molecule has 460 valence electrons. The van der Waals surface area contributed by atoms with E-state index in [1.807, 2.05) is 11.0 Å². The monoisotopic (exact) mass is 1240 g/mol. The lowest BCUT2D eigenvalue weighted by Gasteiger charge is -2.46. The molecule has 0 aliphatic carbocycles. The number of nitrogens with zero attached hydrogens (tertiary/aromatic N) is 3. The number of benzene rings is 2. The van der Waals surface area contributed by atoms with Crippen LogP contribution in [0.3, 0.4) is 0 Å². The van der Waals surface area contributed by atoms with Gasteiger partial charge in [0.1, 0.15) is 34.2 Å². The predicted octanol–water partition coefficient (Wildman–Crippen LogP) is 9.15. The summed E-state index contributed by atoms with van der Waals surface area (Å²) in [6.45, 7) is 18.5. The number of likely N-dealkylation sites (tertiary alicyclic amines) is 2. The topological polar surface area (TPSA) is 179 Å². The Morgan fingerprint density at radius 3 is 1.29 bits per heavy atom. The molecule has 2 fully saturated rings. The van der Waals surface area contributed by atoms with Crippen LogP contribution < -0.4 is 13.7 Å². The molecular weight excluding hydrogens is 1190 g/mol. The summed E-state index contributed by atoms with van der Waals surface area (Å²) in [5.41, 5.74) is 0.431. The van der Waals surface area contributed by atoms with Crippen LogP contribution in [-0.4, -0.2) is 177 Å². The third-order valence-electron chi connectivity index (χ3n) is 11.9. The second kappa shape index (κ2) is 24.1. The molecule has 0 bridgehead atoms. The van der Waals surface area contributed by atoms with Crippen molar-refractivity contribution in [1.82, 2.24) is 14.7 Å². The fraction of sp³-hybridized carbons (Fsp3) is 0.682. The second-order valence-corrected chi connectivity index (χ2v) is 21.7. The zero-order valence-corrected chi connectivity index (χ0v) is 44.3. The fourth-order valence-electron chi connectivity index (χ4n) is 8.27. The van der Waals surface area contributed by atoms with Gasteiger partial charge in [0.15, 0.2) is 0 Å². The Hall–Kier alpha value is -4.97. The summed E-state index contributed by atoms with van der Waals surface area (Å²) in [7, 11) is -14.7. The number of ether oxygens (including phenoxy) is 4. The van der Waals surface area contributed by atoms with Crippen molar-refractivity contribution in [2.45, 2.75) is 131 Å². The number of halogens is 19. The summed E-state index contributed by atoms with van der Waals surface area (Å²) >= 11 is 0. The van der Waals surface area contributed by atoms with Crippen LogP contribution in [0.2, 0.25) is 0 Å². The van der Waals surface area contributed by atoms with Gasteiger partial charge in [-0.1, -0.05) is 22.9 Å². The molecule has 80 heavy (non-hydrogen) atoms. The molecule has 2 spiro atoms. The average molecular weight is 1240 g/mol. The van der Waals surface area contributed by atoms with Gasteiger partial charge in [0, 0.05) is 63.2 Å². The van der Waals surface area contributed by atoms with Gasteiger partial charge in [0.05, 0.1) is 26.3 Å². The maximum atomic E-state index is 13.8. The van der Waals surface area contributed by atoms with E-state index in [0.717, 1.165) is 43.4 Å². The molecule has 1 N–H and O–H groups in total. The van der Waals surface area contributed by atoms with Crippen LogP contribution in [0.25, 0.3) is 0 Å². The van der Waals surface area contributed by atoms with Gasteiger partial charge in [-0.2, -0.15) is 95.9 Å². The minimum atomic E-state index is -7.67. The fourth-order valence-corrected chi connectivity index (χ4v) is 9.61. The number of hydrogen-bond donors (Lipinski definition) is 1. The van der Waals surface area contributed by atoms with E-state index < -0.39 is 84.2 Å². The van der Waals surface area contributed by atoms with Gasteiger partial charge in [0.25, 0.3) is 0 Å². The number of phenols is 1. The molecule has 0 amide bonds. The first-order chi connectivity index (χ1) is 36.0. The Balaban J connectivity index is 0.000000314. The predicted molar refractivity (Wildman–Crippen MR) is 239 cm³/mol. The molecule has 0 unspecified atom stereocenters. The summed E-state index contributed by atoms with van der Waals surface area (Å²) in [4.78, 5) is 29.0. The Morgan fingerprint density at radius 1 is 0.600 bits per heavy atom. The lowest BCUT2D eigenvalue weighted by Crippen LogP contribution is -2.65. The first-order valence-corrected chi connectivity index (χ1v) is 25.9. The van der Waals surface area contributed by atoms with Crippen LogP contribution in [0.1, 0.15) is 59.6 Å². The number of phenolic OH excluding ortho intramolecular Hbond substituents is 1. The number of hydrogen-bond acceptors (Lipinski definition) is 15. The van der Waals surface area contributed by atoms with Gasteiger partial charge in [-0.15, -0.1) is 0 Å². The van der Waals surface area contributed by atoms with Gasteiger partial charge in [0.2, 0.25) is 0 Å². The number of aromatic hydroxyl groups is 1. The quantitative estimate of drug-likeness (QED) is 0.0686. The van der Waals surface area contributed by atoms with Crippen LogP contribution in [0, 0.1) is 0 Å². The van der Waals surface area contributed by atoms with E-state index in [1.54, 1.807) is 30.9 Å². The maximum absolute atomic E-state index is 13.8. The van der Waals surface area contributed by atoms with E-state index in [4.69, 9.17) is 18.9 Å². The van der Waals surface area contributed by atoms with Crippen LogP contribution in [0.15, 0.2) is 36.4 Å².